The molecule has 0 spiro atoms. The van der Waals surface area contributed by atoms with Crippen molar-refractivity contribution in [2.24, 2.45) is 20.5 Å². The summed E-state index contributed by atoms with van der Waals surface area (Å²) in [5, 5.41) is 26.1. The van der Waals surface area contributed by atoms with Crippen molar-refractivity contribution in [1.82, 2.24) is 15.0 Å². The first-order valence-electron chi connectivity index (χ1n) is 15.5. The lowest BCUT2D eigenvalue weighted by molar-refractivity contribution is 0.481. The molecule has 0 aliphatic carbocycles. The van der Waals surface area contributed by atoms with Crippen molar-refractivity contribution in [1.29, 1.82) is 0 Å². The predicted molar refractivity (Wildman–Crippen MR) is 209 cm³/mol. The Labute approximate surface area is 331 Å². The van der Waals surface area contributed by atoms with Crippen LogP contribution >= 0.6 is 23.2 Å². The standard InChI is InChI=1S/C32H30Cl2N10O6S2.O3S/c1-17-13-27(43-41-22-7-5-21(33)6-8-22)19(3)11-25(17)36-31-38-30(35-16-51(45,46)47)39-32(40-31)37-26-12-20(4)28(14-18(26)2)44-42-23-9-10-24(34)29(15-23)52(48,49)50;1-4(2)3/h5-15H,16H2,1-4H3,(H,45,46,47)(H,48,49,50)(H3,35,36,37,38,39,40);. The third-order valence-corrected chi connectivity index (χ3v) is 9.29. The van der Waals surface area contributed by atoms with Crippen LogP contribution in [0.25, 0.3) is 0 Å². The molecule has 56 heavy (non-hydrogen) atoms. The topological polar surface area (TPSA) is 284 Å². The van der Waals surface area contributed by atoms with Crippen molar-refractivity contribution in [2.75, 3.05) is 21.8 Å². The van der Waals surface area contributed by atoms with Crippen molar-refractivity contribution in [2.45, 2.75) is 32.6 Å². The van der Waals surface area contributed by atoms with E-state index in [1.807, 2.05) is 26.0 Å². The average molecular weight is 866 g/mol. The minimum Gasteiger partial charge on any atom is -0.338 e. The van der Waals surface area contributed by atoms with E-state index in [-0.39, 0.29) is 28.6 Å². The molecule has 0 bridgehead atoms. The second kappa shape index (κ2) is 18.4. The minimum atomic E-state index is -4.56. The number of benzene rings is 4. The predicted octanol–water partition coefficient (Wildman–Crippen LogP) is 8.23. The average Bonchev–Trinajstić information content (AvgIpc) is 3.09. The van der Waals surface area contributed by atoms with Crippen LogP contribution in [0.1, 0.15) is 22.3 Å². The van der Waals surface area contributed by atoms with Gasteiger partial charge in [-0.05, 0) is 117 Å². The highest BCUT2D eigenvalue weighted by atomic mass is 35.5. The number of aromatic nitrogens is 3. The van der Waals surface area contributed by atoms with Crippen LogP contribution in [0.15, 0.2) is 92.1 Å². The normalized spacial score (nSPS) is 11.6. The van der Waals surface area contributed by atoms with E-state index in [4.69, 9.17) is 35.8 Å². The highest BCUT2D eigenvalue weighted by Crippen LogP contribution is 2.33. The number of hydrogen-bond donors (Lipinski definition) is 5. The number of aryl methyl sites for hydroxylation is 4. The van der Waals surface area contributed by atoms with Crippen molar-refractivity contribution in [3.63, 3.8) is 0 Å². The van der Waals surface area contributed by atoms with Gasteiger partial charge in [0.1, 0.15) is 10.8 Å². The Balaban J connectivity index is 0.00000166. The number of rotatable bonds is 12. The van der Waals surface area contributed by atoms with E-state index in [0.29, 0.717) is 44.6 Å². The SMILES string of the molecule is Cc1cc(Nc2nc(NCS(=O)(=O)O)nc(Nc3cc(C)c(N=Nc4ccc(Cl)c(S(=O)(=O)O)c4)cc3C)n2)c(C)cc1N=Nc1ccc(Cl)cc1.O=S(=O)=O. The molecule has 294 valence electrons. The van der Waals surface area contributed by atoms with E-state index in [1.54, 1.807) is 50.2 Å². The van der Waals surface area contributed by atoms with Crippen molar-refractivity contribution in [3.8, 4) is 0 Å². The zero-order chi connectivity index (χ0) is 41.4. The summed E-state index contributed by atoms with van der Waals surface area (Å²) in [7, 11) is -12.1. The van der Waals surface area contributed by atoms with Gasteiger partial charge in [0.15, 0.2) is 0 Å². The molecule has 0 aliphatic heterocycles. The summed E-state index contributed by atoms with van der Waals surface area (Å²) in [6, 6.07) is 17.9. The van der Waals surface area contributed by atoms with Gasteiger partial charge in [0.2, 0.25) is 17.8 Å². The number of nitrogens with one attached hydrogen (secondary N) is 3. The number of anilines is 5. The first-order valence-corrected chi connectivity index (χ1v) is 20.3. The quantitative estimate of drug-likeness (QED) is 0.0583. The molecule has 0 saturated heterocycles. The number of azo groups is 2. The fourth-order valence-corrected chi connectivity index (χ4v) is 5.96. The largest absolute Gasteiger partial charge is 0.425 e. The third-order valence-electron chi connectivity index (χ3n) is 7.19. The molecule has 1 aromatic heterocycles. The van der Waals surface area contributed by atoms with Gasteiger partial charge in [-0.2, -0.15) is 52.2 Å². The molecule has 24 heteroatoms. The summed E-state index contributed by atoms with van der Waals surface area (Å²) < 4.78 is 90.2. The molecule has 0 fully saturated rings. The van der Waals surface area contributed by atoms with Gasteiger partial charge < -0.3 is 16.0 Å². The minimum absolute atomic E-state index is 0.0360. The Morgan fingerprint density at radius 2 is 1.07 bits per heavy atom. The summed E-state index contributed by atoms with van der Waals surface area (Å²) in [6.45, 7) is 7.27. The Bertz CT molecular complexity index is 2680. The number of nitrogens with zero attached hydrogens (tertiary/aromatic N) is 7. The van der Waals surface area contributed by atoms with Gasteiger partial charge in [0, 0.05) is 16.4 Å². The van der Waals surface area contributed by atoms with Gasteiger partial charge in [-0.25, -0.2) is 0 Å². The molecule has 4 aromatic carbocycles. The third kappa shape index (κ3) is 13.1. The second-order valence-corrected chi connectivity index (χ2v) is 15.6. The molecule has 0 unspecified atom stereocenters. The van der Waals surface area contributed by atoms with Gasteiger partial charge in [-0.15, -0.1) is 12.6 Å². The second-order valence-electron chi connectivity index (χ2n) is 11.5. The lowest BCUT2D eigenvalue weighted by Gasteiger charge is -2.15. The van der Waals surface area contributed by atoms with Gasteiger partial charge in [0.05, 0.1) is 27.8 Å². The first kappa shape index (κ1) is 43.2. The van der Waals surface area contributed by atoms with Crippen LogP contribution in [0, 0.1) is 27.7 Å². The van der Waals surface area contributed by atoms with Crippen LogP contribution in [0.4, 0.5) is 52.0 Å². The van der Waals surface area contributed by atoms with Gasteiger partial charge in [0.25, 0.3) is 20.2 Å². The molecular formula is C32H30Cl2N10O9S3. The maximum absolute atomic E-state index is 11.6. The van der Waals surface area contributed by atoms with Crippen LogP contribution in [-0.2, 0) is 30.8 Å². The number of hydrogen-bond acceptors (Lipinski definition) is 17. The molecule has 0 saturated carbocycles. The molecule has 0 atom stereocenters. The van der Waals surface area contributed by atoms with Gasteiger partial charge >= 0.3 is 10.6 Å². The zero-order valence-corrected chi connectivity index (χ0v) is 33.4. The molecule has 5 N–H and O–H groups in total. The first-order chi connectivity index (χ1) is 26.2. The lowest BCUT2D eigenvalue weighted by atomic mass is 10.1. The molecule has 0 radical (unpaired) electrons. The molecule has 1 heterocycles. The van der Waals surface area contributed by atoms with Gasteiger partial charge in [-0.3, -0.25) is 9.11 Å². The number of halogens is 2. The summed E-state index contributed by atoms with van der Waals surface area (Å²) in [5.41, 5.74) is 6.00. The molecule has 0 amide bonds. The summed E-state index contributed by atoms with van der Waals surface area (Å²) >= 11 is 11.8. The zero-order valence-electron chi connectivity index (χ0n) is 29.4. The molecular weight excluding hydrogens is 836 g/mol. The Morgan fingerprint density at radius 1 is 0.625 bits per heavy atom. The van der Waals surface area contributed by atoms with E-state index in [0.717, 1.165) is 17.2 Å². The van der Waals surface area contributed by atoms with Gasteiger partial charge in [-0.1, -0.05) is 23.2 Å². The fraction of sp³-hybridized carbons (Fsp3) is 0.156. The Kier molecular flexibility index (Phi) is 14.2. The summed E-state index contributed by atoms with van der Waals surface area (Å²) in [6.07, 6.45) is 0. The van der Waals surface area contributed by atoms with Crippen LogP contribution in [0.3, 0.4) is 0 Å². The molecule has 5 aromatic rings. The highest BCUT2D eigenvalue weighted by molar-refractivity contribution is 7.86. The monoisotopic (exact) mass is 864 g/mol. The maximum atomic E-state index is 11.6. The smallest absolute Gasteiger partial charge is 0.338 e. The molecule has 19 nitrogen and oxygen atoms in total. The van der Waals surface area contributed by atoms with E-state index in [1.165, 1.54) is 12.1 Å². The maximum Gasteiger partial charge on any atom is 0.425 e. The fourth-order valence-electron chi connectivity index (χ4n) is 4.53. The summed E-state index contributed by atoms with van der Waals surface area (Å²) in [5.74, 6) is -0.903. The van der Waals surface area contributed by atoms with Crippen LogP contribution in [0.2, 0.25) is 10.0 Å². The molecule has 0 aliphatic rings. The van der Waals surface area contributed by atoms with Crippen LogP contribution in [-0.4, -0.2) is 59.4 Å². The van der Waals surface area contributed by atoms with Crippen LogP contribution in [0.5, 0.6) is 0 Å². The van der Waals surface area contributed by atoms with Crippen LogP contribution < -0.4 is 16.0 Å². The van der Waals surface area contributed by atoms with E-state index < -0.39 is 41.6 Å². The Morgan fingerprint density at radius 3 is 1.54 bits per heavy atom. The molecule has 5 rings (SSSR count). The summed E-state index contributed by atoms with van der Waals surface area (Å²) in [4.78, 5) is 12.5. The highest BCUT2D eigenvalue weighted by Gasteiger charge is 2.16. The van der Waals surface area contributed by atoms with E-state index >= 15 is 0 Å². The van der Waals surface area contributed by atoms with E-state index in [9.17, 15) is 25.9 Å². The van der Waals surface area contributed by atoms with Crippen molar-refractivity contribution < 1.29 is 38.6 Å². The lowest BCUT2D eigenvalue weighted by Crippen LogP contribution is -2.16. The van der Waals surface area contributed by atoms with Crippen molar-refractivity contribution in [3.05, 3.63) is 99.0 Å². The van der Waals surface area contributed by atoms with Crippen molar-refractivity contribution >= 4 is 106 Å². The van der Waals surface area contributed by atoms with E-state index in [2.05, 4.69) is 51.4 Å². The Hall–Kier alpha value is -5.49.